The molecule has 0 bridgehead atoms. The van der Waals surface area contributed by atoms with Gasteiger partial charge in [-0.1, -0.05) is 103 Å². The van der Waals surface area contributed by atoms with Crippen LogP contribution in [0.3, 0.4) is 0 Å². The van der Waals surface area contributed by atoms with Crippen molar-refractivity contribution in [2.45, 2.75) is 209 Å². The predicted octanol–water partition coefficient (Wildman–Crippen LogP) is 2.48. The molecular formula is C39H73NO13. The topological polar surface area (TPSA) is 228 Å². The van der Waals surface area contributed by atoms with Gasteiger partial charge in [0, 0.05) is 6.42 Å². The summed E-state index contributed by atoms with van der Waals surface area (Å²) in [6, 6.07) is -0.824. The maximum Gasteiger partial charge on any atom is 0.220 e. The number of amides is 1. The minimum Gasteiger partial charge on any atom is -0.394 e. The molecule has 312 valence electrons. The Hall–Kier alpha value is -1.27. The van der Waals surface area contributed by atoms with Gasteiger partial charge in [-0.15, -0.1) is 0 Å². The Bertz CT molecular complexity index is 956. The van der Waals surface area contributed by atoms with Crippen LogP contribution in [0.2, 0.25) is 0 Å². The second-order valence-corrected chi connectivity index (χ2v) is 14.8. The van der Waals surface area contributed by atoms with Gasteiger partial charge < -0.3 is 65.1 Å². The first-order valence-corrected chi connectivity index (χ1v) is 20.4. The summed E-state index contributed by atoms with van der Waals surface area (Å²) < 4.78 is 22.5. The van der Waals surface area contributed by atoms with E-state index in [4.69, 9.17) is 18.9 Å². The lowest BCUT2D eigenvalue weighted by molar-refractivity contribution is -0.359. The highest BCUT2D eigenvalue weighted by molar-refractivity contribution is 5.76. The van der Waals surface area contributed by atoms with E-state index < -0.39 is 86.8 Å². The summed E-state index contributed by atoms with van der Waals surface area (Å²) in [5, 5.41) is 86.1. The number of allylic oxidation sites excluding steroid dienone is 2. The summed E-state index contributed by atoms with van der Waals surface area (Å²) in [4.78, 5) is 13.0. The first-order valence-electron chi connectivity index (χ1n) is 20.4. The van der Waals surface area contributed by atoms with Crippen molar-refractivity contribution >= 4 is 5.91 Å². The van der Waals surface area contributed by atoms with Gasteiger partial charge in [0.2, 0.25) is 5.91 Å². The molecule has 0 aromatic rings. The molecule has 2 aliphatic heterocycles. The van der Waals surface area contributed by atoms with Crippen molar-refractivity contribution in [3.63, 3.8) is 0 Å². The van der Waals surface area contributed by atoms with Crippen LogP contribution in [0.15, 0.2) is 12.2 Å². The van der Waals surface area contributed by atoms with Crippen molar-refractivity contribution in [2.24, 2.45) is 0 Å². The summed E-state index contributed by atoms with van der Waals surface area (Å²) in [5.74, 6) is -0.224. The second kappa shape index (κ2) is 28.2. The molecule has 0 radical (unpaired) electrons. The lowest BCUT2D eigenvalue weighted by Gasteiger charge is -2.46. The third-order valence-corrected chi connectivity index (χ3v) is 10.2. The molecule has 14 nitrogen and oxygen atoms in total. The molecule has 0 aliphatic carbocycles. The van der Waals surface area contributed by atoms with E-state index in [1.807, 2.05) is 0 Å². The van der Waals surface area contributed by atoms with Crippen molar-refractivity contribution in [3.8, 4) is 0 Å². The summed E-state index contributed by atoms with van der Waals surface area (Å²) in [7, 11) is 0. The number of aliphatic hydroxyl groups excluding tert-OH is 8. The maximum atomic E-state index is 13.0. The van der Waals surface area contributed by atoms with Crippen LogP contribution < -0.4 is 5.32 Å². The molecule has 14 heteroatoms. The highest BCUT2D eigenvalue weighted by atomic mass is 16.7. The monoisotopic (exact) mass is 764 g/mol. The number of carbonyl (C=O) groups is 1. The van der Waals surface area contributed by atoms with Crippen LogP contribution in [-0.4, -0.2) is 140 Å². The van der Waals surface area contributed by atoms with Gasteiger partial charge in [-0.05, 0) is 38.5 Å². The summed E-state index contributed by atoms with van der Waals surface area (Å²) in [6.45, 7) is 2.72. The first kappa shape index (κ1) is 47.9. The minimum atomic E-state index is -1.78. The van der Waals surface area contributed by atoms with Gasteiger partial charge in [0.15, 0.2) is 12.6 Å². The lowest BCUT2D eigenvalue weighted by atomic mass is 9.97. The van der Waals surface area contributed by atoms with Gasteiger partial charge in [0.05, 0.1) is 32.0 Å². The van der Waals surface area contributed by atoms with E-state index in [0.717, 1.165) is 64.2 Å². The Labute approximate surface area is 316 Å². The Balaban J connectivity index is 1.92. The van der Waals surface area contributed by atoms with E-state index >= 15 is 0 Å². The van der Waals surface area contributed by atoms with Crippen LogP contribution in [0, 0.1) is 0 Å². The fourth-order valence-corrected chi connectivity index (χ4v) is 6.76. The van der Waals surface area contributed by atoms with Crippen molar-refractivity contribution in [1.82, 2.24) is 5.32 Å². The Morgan fingerprint density at radius 3 is 1.83 bits per heavy atom. The van der Waals surface area contributed by atoms with Crippen LogP contribution in [0.4, 0.5) is 0 Å². The number of rotatable bonds is 29. The first-order chi connectivity index (χ1) is 25.6. The predicted molar refractivity (Wildman–Crippen MR) is 199 cm³/mol. The van der Waals surface area contributed by atoms with Crippen LogP contribution in [0.1, 0.15) is 136 Å². The summed E-state index contributed by atoms with van der Waals surface area (Å²) in [5.41, 5.74) is 0. The smallest absolute Gasteiger partial charge is 0.220 e. The Morgan fingerprint density at radius 2 is 1.19 bits per heavy atom. The lowest BCUT2D eigenvalue weighted by Crippen LogP contribution is -2.65. The van der Waals surface area contributed by atoms with Gasteiger partial charge >= 0.3 is 0 Å². The quantitative estimate of drug-likeness (QED) is 0.0395. The minimum absolute atomic E-state index is 0.224. The molecule has 2 heterocycles. The number of unbranched alkanes of at least 4 members (excludes halogenated alkanes) is 14. The zero-order valence-electron chi connectivity index (χ0n) is 32.3. The molecule has 0 spiro atoms. The molecule has 2 rings (SSSR count). The van der Waals surface area contributed by atoms with Crippen molar-refractivity contribution in [1.29, 1.82) is 0 Å². The number of hydrogen-bond acceptors (Lipinski definition) is 13. The molecular weight excluding hydrogens is 690 g/mol. The van der Waals surface area contributed by atoms with Crippen molar-refractivity contribution in [2.75, 3.05) is 19.8 Å². The molecule has 1 amide bonds. The highest BCUT2D eigenvalue weighted by Gasteiger charge is 2.50. The van der Waals surface area contributed by atoms with Gasteiger partial charge in [-0.2, -0.15) is 0 Å². The number of hydrogen-bond donors (Lipinski definition) is 9. The molecule has 12 unspecified atom stereocenters. The fraction of sp³-hybridized carbons (Fsp3) is 0.923. The SMILES string of the molecule is CCCCC/C=C\CCCCCCCC(=O)NC(COC1OC(CO)C(OC2OC(CO)C(O)C(O)C2O)C(O)C1O)C(O)CCCCCCCCC. The number of carbonyl (C=O) groups excluding carboxylic acids is 1. The van der Waals surface area contributed by atoms with Crippen LogP contribution >= 0.6 is 0 Å². The average Bonchev–Trinajstić information content (AvgIpc) is 3.15. The molecule has 9 N–H and O–H groups in total. The van der Waals surface area contributed by atoms with E-state index in [9.17, 15) is 45.6 Å². The zero-order valence-corrected chi connectivity index (χ0v) is 32.3. The van der Waals surface area contributed by atoms with E-state index in [1.165, 1.54) is 38.5 Å². The molecule has 2 saturated heterocycles. The highest BCUT2D eigenvalue weighted by Crippen LogP contribution is 2.30. The van der Waals surface area contributed by atoms with Crippen LogP contribution in [-0.2, 0) is 23.7 Å². The fourth-order valence-electron chi connectivity index (χ4n) is 6.76. The van der Waals surface area contributed by atoms with Gasteiger partial charge in [-0.25, -0.2) is 0 Å². The summed E-state index contributed by atoms with van der Waals surface area (Å²) in [6.07, 6.45) is 6.89. The molecule has 2 aliphatic rings. The van der Waals surface area contributed by atoms with E-state index in [-0.39, 0.29) is 12.5 Å². The number of nitrogens with one attached hydrogen (secondary N) is 1. The largest absolute Gasteiger partial charge is 0.394 e. The van der Waals surface area contributed by atoms with Crippen molar-refractivity contribution < 1.29 is 64.6 Å². The van der Waals surface area contributed by atoms with Crippen molar-refractivity contribution in [3.05, 3.63) is 12.2 Å². The van der Waals surface area contributed by atoms with Crippen LogP contribution in [0.5, 0.6) is 0 Å². The standard InChI is InChI=1S/C39H73NO13/c1-3-5-7-9-11-12-13-14-15-17-19-21-23-31(44)40-27(28(43)22-20-18-16-10-8-6-4-2)26-50-38-36(49)34(47)37(30(25-42)52-38)53-39-35(48)33(46)32(45)29(24-41)51-39/h11-12,27-30,32-39,41-43,45-49H,3-10,13-26H2,1-2H3,(H,40,44)/b12-11-. The average molecular weight is 764 g/mol. The van der Waals surface area contributed by atoms with E-state index in [1.54, 1.807) is 0 Å². The third-order valence-electron chi connectivity index (χ3n) is 10.2. The zero-order chi connectivity index (χ0) is 39.0. The number of aliphatic hydroxyl groups is 8. The van der Waals surface area contributed by atoms with Gasteiger partial charge in [0.25, 0.3) is 0 Å². The molecule has 2 fully saturated rings. The second-order valence-electron chi connectivity index (χ2n) is 14.8. The van der Waals surface area contributed by atoms with E-state index in [2.05, 4.69) is 31.3 Å². The molecule has 0 saturated carbocycles. The molecule has 0 aromatic carbocycles. The number of ether oxygens (including phenoxy) is 4. The third kappa shape index (κ3) is 17.6. The van der Waals surface area contributed by atoms with E-state index in [0.29, 0.717) is 19.3 Å². The Kier molecular flexibility index (Phi) is 25.5. The normalized spacial score (nSPS) is 30.5. The van der Waals surface area contributed by atoms with Gasteiger partial charge in [0.1, 0.15) is 48.8 Å². The van der Waals surface area contributed by atoms with Crippen LogP contribution in [0.25, 0.3) is 0 Å². The molecule has 53 heavy (non-hydrogen) atoms. The maximum absolute atomic E-state index is 13.0. The Morgan fingerprint density at radius 1 is 0.660 bits per heavy atom. The molecule has 12 atom stereocenters. The molecule has 0 aromatic heterocycles. The summed E-state index contributed by atoms with van der Waals surface area (Å²) >= 11 is 0. The van der Waals surface area contributed by atoms with Gasteiger partial charge in [-0.3, -0.25) is 4.79 Å².